The molecule has 0 radical (unpaired) electrons. The van der Waals surface area contributed by atoms with Gasteiger partial charge in [0.1, 0.15) is 11.4 Å². The number of halogens is 2. The molecule has 2 amide bonds. The Balaban J connectivity index is 2.71. The number of amides is 2. The number of nitrogens with one attached hydrogen (secondary N) is 2. The van der Waals surface area contributed by atoms with E-state index in [1.54, 1.807) is 0 Å². The quantitative estimate of drug-likeness (QED) is 0.792. The maximum Gasteiger partial charge on any atom is 0.328 e. The van der Waals surface area contributed by atoms with E-state index in [9.17, 15) is 14.0 Å². The van der Waals surface area contributed by atoms with Gasteiger partial charge in [-0.25, -0.2) is 14.0 Å². The van der Waals surface area contributed by atoms with Crippen LogP contribution in [0.4, 0.5) is 14.9 Å². The van der Waals surface area contributed by atoms with Crippen LogP contribution in [0.2, 0.25) is 5.02 Å². The van der Waals surface area contributed by atoms with E-state index >= 15 is 0 Å². The second kappa shape index (κ2) is 5.22. The lowest BCUT2D eigenvalue weighted by atomic mass is 10.1. The minimum Gasteiger partial charge on any atom is -0.480 e. The Morgan fingerprint density at radius 1 is 1.39 bits per heavy atom. The Labute approximate surface area is 108 Å². The molecule has 18 heavy (non-hydrogen) atoms. The van der Waals surface area contributed by atoms with E-state index in [-0.39, 0.29) is 10.7 Å². The smallest absolute Gasteiger partial charge is 0.328 e. The molecule has 98 valence electrons. The first kappa shape index (κ1) is 14.2. The number of carbonyl (C=O) groups excluding carboxylic acids is 1. The summed E-state index contributed by atoms with van der Waals surface area (Å²) in [6, 6.07) is 2.92. The zero-order valence-corrected chi connectivity index (χ0v) is 10.5. The monoisotopic (exact) mass is 274 g/mol. The van der Waals surface area contributed by atoms with Crippen molar-refractivity contribution in [1.82, 2.24) is 5.32 Å². The molecule has 1 rings (SSSR count). The van der Waals surface area contributed by atoms with Gasteiger partial charge in [0, 0.05) is 5.69 Å². The summed E-state index contributed by atoms with van der Waals surface area (Å²) in [5, 5.41) is 13.3. The lowest BCUT2D eigenvalue weighted by Crippen LogP contribution is -2.51. The minimum atomic E-state index is -1.41. The van der Waals surface area contributed by atoms with Crippen molar-refractivity contribution >= 4 is 29.3 Å². The maximum absolute atomic E-state index is 12.9. The van der Waals surface area contributed by atoms with Gasteiger partial charge < -0.3 is 15.7 Å². The first-order valence-electron chi connectivity index (χ1n) is 5.00. The Hall–Kier alpha value is -1.82. The molecular formula is C11H12ClFN2O3. The number of carboxylic acids is 1. The summed E-state index contributed by atoms with van der Waals surface area (Å²) in [6.45, 7) is 2.68. The van der Waals surface area contributed by atoms with Gasteiger partial charge in [-0.15, -0.1) is 0 Å². The summed E-state index contributed by atoms with van der Waals surface area (Å²) < 4.78 is 12.9. The summed E-state index contributed by atoms with van der Waals surface area (Å²) >= 11 is 5.54. The van der Waals surface area contributed by atoms with Gasteiger partial charge in [-0.1, -0.05) is 11.6 Å². The third kappa shape index (κ3) is 3.59. The highest BCUT2D eigenvalue weighted by atomic mass is 35.5. The fourth-order valence-corrected chi connectivity index (χ4v) is 1.25. The molecule has 1 aromatic carbocycles. The van der Waals surface area contributed by atoms with E-state index in [1.165, 1.54) is 26.0 Å². The lowest BCUT2D eigenvalue weighted by molar-refractivity contribution is -0.142. The Bertz CT molecular complexity index is 491. The van der Waals surface area contributed by atoms with Crippen LogP contribution in [0.5, 0.6) is 0 Å². The van der Waals surface area contributed by atoms with Gasteiger partial charge in [0.15, 0.2) is 0 Å². The number of anilines is 1. The summed E-state index contributed by atoms with van der Waals surface area (Å²) in [6.07, 6.45) is 0. The highest BCUT2D eigenvalue weighted by molar-refractivity contribution is 6.31. The van der Waals surface area contributed by atoms with Crippen LogP contribution in [-0.4, -0.2) is 22.6 Å². The van der Waals surface area contributed by atoms with Crippen LogP contribution < -0.4 is 10.6 Å². The summed E-state index contributed by atoms with van der Waals surface area (Å²) in [4.78, 5) is 22.3. The van der Waals surface area contributed by atoms with Crippen molar-refractivity contribution in [2.75, 3.05) is 5.32 Å². The van der Waals surface area contributed by atoms with Crippen molar-refractivity contribution < 1.29 is 19.1 Å². The van der Waals surface area contributed by atoms with Crippen molar-refractivity contribution in [3.8, 4) is 0 Å². The number of carbonyl (C=O) groups is 2. The van der Waals surface area contributed by atoms with Gasteiger partial charge in [0.05, 0.1) is 5.02 Å². The van der Waals surface area contributed by atoms with Crippen LogP contribution in [0.3, 0.4) is 0 Å². The third-order valence-corrected chi connectivity index (χ3v) is 2.43. The van der Waals surface area contributed by atoms with Crippen LogP contribution in [-0.2, 0) is 4.79 Å². The number of benzene rings is 1. The van der Waals surface area contributed by atoms with Crippen LogP contribution in [0.1, 0.15) is 13.8 Å². The predicted molar refractivity (Wildman–Crippen MR) is 65.3 cm³/mol. The molecule has 0 bridgehead atoms. The molecule has 0 aliphatic rings. The molecule has 5 nitrogen and oxygen atoms in total. The molecular weight excluding hydrogens is 263 g/mol. The normalized spacial score (nSPS) is 10.9. The van der Waals surface area contributed by atoms with Crippen molar-refractivity contribution in [2.24, 2.45) is 0 Å². The van der Waals surface area contributed by atoms with E-state index in [0.29, 0.717) is 0 Å². The van der Waals surface area contributed by atoms with Crippen molar-refractivity contribution in [3.05, 3.63) is 29.0 Å². The lowest BCUT2D eigenvalue weighted by Gasteiger charge is -2.21. The van der Waals surface area contributed by atoms with E-state index in [2.05, 4.69) is 10.6 Å². The molecule has 0 heterocycles. The maximum atomic E-state index is 12.9. The molecule has 3 N–H and O–H groups in total. The molecule has 0 saturated heterocycles. The molecule has 0 aliphatic carbocycles. The SMILES string of the molecule is CC(C)(NC(=O)Nc1ccc(F)c(Cl)c1)C(=O)O. The van der Waals surface area contributed by atoms with Gasteiger partial charge in [-0.2, -0.15) is 0 Å². The average Bonchev–Trinajstić information content (AvgIpc) is 2.22. The van der Waals surface area contributed by atoms with Crippen LogP contribution >= 0.6 is 11.6 Å². The standard InChI is InChI=1S/C11H12ClFN2O3/c1-11(2,9(16)17)15-10(18)14-6-3-4-8(13)7(12)5-6/h3-5H,1-2H3,(H,16,17)(H2,14,15,18). The number of carboxylic acid groups (broad SMARTS) is 1. The largest absolute Gasteiger partial charge is 0.480 e. The first-order valence-corrected chi connectivity index (χ1v) is 5.38. The molecule has 0 unspecified atom stereocenters. The summed E-state index contributed by atoms with van der Waals surface area (Å²) in [5.41, 5.74) is -1.14. The molecule has 7 heteroatoms. The molecule has 0 spiro atoms. The number of rotatable bonds is 3. The van der Waals surface area contributed by atoms with E-state index < -0.39 is 23.4 Å². The second-order valence-electron chi connectivity index (χ2n) is 4.14. The van der Waals surface area contributed by atoms with Crippen LogP contribution in [0, 0.1) is 5.82 Å². The Morgan fingerprint density at radius 2 is 2.00 bits per heavy atom. The zero-order valence-electron chi connectivity index (χ0n) is 9.75. The van der Waals surface area contributed by atoms with Gasteiger partial charge in [-0.3, -0.25) is 0 Å². The summed E-state index contributed by atoms with van der Waals surface area (Å²) in [7, 11) is 0. The number of aliphatic carboxylic acids is 1. The predicted octanol–water partition coefficient (Wildman–Crippen LogP) is 2.46. The van der Waals surface area contributed by atoms with E-state index in [0.717, 1.165) is 6.07 Å². The van der Waals surface area contributed by atoms with Gasteiger partial charge in [0.2, 0.25) is 0 Å². The van der Waals surface area contributed by atoms with Crippen LogP contribution in [0.25, 0.3) is 0 Å². The number of hydrogen-bond acceptors (Lipinski definition) is 2. The highest BCUT2D eigenvalue weighted by Gasteiger charge is 2.28. The van der Waals surface area contributed by atoms with Gasteiger partial charge in [-0.05, 0) is 32.0 Å². The zero-order chi connectivity index (χ0) is 13.9. The third-order valence-electron chi connectivity index (χ3n) is 2.14. The molecule has 0 atom stereocenters. The topological polar surface area (TPSA) is 78.4 Å². The Morgan fingerprint density at radius 3 is 2.50 bits per heavy atom. The number of hydrogen-bond donors (Lipinski definition) is 3. The first-order chi connectivity index (χ1) is 8.22. The second-order valence-corrected chi connectivity index (χ2v) is 4.55. The average molecular weight is 275 g/mol. The van der Waals surface area contributed by atoms with Gasteiger partial charge in [0.25, 0.3) is 0 Å². The Kier molecular flexibility index (Phi) is 4.13. The van der Waals surface area contributed by atoms with Crippen molar-refractivity contribution in [1.29, 1.82) is 0 Å². The highest BCUT2D eigenvalue weighted by Crippen LogP contribution is 2.19. The fraction of sp³-hybridized carbons (Fsp3) is 0.273. The molecule has 0 aliphatic heterocycles. The molecule has 1 aromatic rings. The molecule has 0 saturated carbocycles. The van der Waals surface area contributed by atoms with Crippen molar-refractivity contribution in [3.63, 3.8) is 0 Å². The fourth-order valence-electron chi connectivity index (χ4n) is 1.07. The molecule has 0 fully saturated rings. The van der Waals surface area contributed by atoms with E-state index in [4.69, 9.17) is 16.7 Å². The van der Waals surface area contributed by atoms with Crippen LogP contribution in [0.15, 0.2) is 18.2 Å². The number of urea groups is 1. The van der Waals surface area contributed by atoms with Gasteiger partial charge >= 0.3 is 12.0 Å². The minimum absolute atomic E-state index is 0.134. The molecule has 0 aromatic heterocycles. The van der Waals surface area contributed by atoms with Crippen molar-refractivity contribution in [2.45, 2.75) is 19.4 Å². The summed E-state index contributed by atoms with van der Waals surface area (Å²) in [5.74, 6) is -1.77. The van der Waals surface area contributed by atoms with E-state index in [1.807, 2.05) is 0 Å².